The van der Waals surface area contributed by atoms with Crippen LogP contribution in [0.5, 0.6) is 5.75 Å². The van der Waals surface area contributed by atoms with Crippen LogP contribution >= 0.6 is 0 Å². The summed E-state index contributed by atoms with van der Waals surface area (Å²) in [5, 5.41) is 8.92. The average molecular weight is 403 g/mol. The predicted molar refractivity (Wildman–Crippen MR) is 115 cm³/mol. The first-order valence-corrected chi connectivity index (χ1v) is 10.6. The summed E-state index contributed by atoms with van der Waals surface area (Å²) in [5.41, 5.74) is 1.30. The number of carbonyl (C=O) groups excluding carboxylic acids is 1. The van der Waals surface area contributed by atoms with Crippen molar-refractivity contribution >= 4 is 16.7 Å². The highest BCUT2D eigenvalue weighted by atomic mass is 16.5. The van der Waals surface area contributed by atoms with Gasteiger partial charge in [0.15, 0.2) is 0 Å². The first-order valence-electron chi connectivity index (χ1n) is 10.6. The van der Waals surface area contributed by atoms with Crippen molar-refractivity contribution in [2.75, 3.05) is 0 Å². The van der Waals surface area contributed by atoms with Crippen LogP contribution < -0.4 is 15.6 Å². The van der Waals surface area contributed by atoms with E-state index in [1.165, 1.54) is 4.68 Å². The van der Waals surface area contributed by atoms with Gasteiger partial charge in [0.25, 0.3) is 5.56 Å². The number of benzene rings is 2. The van der Waals surface area contributed by atoms with Crippen molar-refractivity contribution in [1.29, 1.82) is 0 Å². The Hall–Kier alpha value is -3.15. The monoisotopic (exact) mass is 403 g/mol. The summed E-state index contributed by atoms with van der Waals surface area (Å²) in [6.45, 7) is 1.76. The van der Waals surface area contributed by atoms with Crippen LogP contribution in [0.1, 0.15) is 49.4 Å². The summed E-state index contributed by atoms with van der Waals surface area (Å²) in [7, 11) is 0. The fourth-order valence-electron chi connectivity index (χ4n) is 4.96. The number of nitrogens with one attached hydrogen (secondary N) is 1. The molecule has 0 unspecified atom stereocenters. The van der Waals surface area contributed by atoms with Crippen LogP contribution in [0.2, 0.25) is 0 Å². The lowest BCUT2D eigenvalue weighted by Gasteiger charge is -2.40. The second kappa shape index (κ2) is 7.27. The third-order valence-corrected chi connectivity index (χ3v) is 6.39. The topological polar surface area (TPSA) is 73.2 Å². The number of aromatic nitrogens is 2. The summed E-state index contributed by atoms with van der Waals surface area (Å²) < 4.78 is 7.64. The van der Waals surface area contributed by atoms with Gasteiger partial charge in [-0.25, -0.2) is 4.68 Å². The molecular weight excluding hydrogens is 378 g/mol. The summed E-state index contributed by atoms with van der Waals surface area (Å²) in [6, 6.07) is 15.2. The van der Waals surface area contributed by atoms with Gasteiger partial charge in [0, 0.05) is 17.4 Å². The van der Waals surface area contributed by atoms with Crippen LogP contribution in [0.3, 0.4) is 0 Å². The minimum atomic E-state index is -0.244. The molecule has 1 aromatic heterocycles. The number of carbonyl (C=O) groups is 1. The maximum absolute atomic E-state index is 12.9. The molecule has 2 aromatic carbocycles. The lowest BCUT2D eigenvalue weighted by atomic mass is 9.86. The molecule has 1 atom stereocenters. The lowest BCUT2D eigenvalue weighted by Crippen LogP contribution is -2.44. The Morgan fingerprint density at radius 1 is 1.13 bits per heavy atom. The maximum atomic E-state index is 12.9. The van der Waals surface area contributed by atoms with Gasteiger partial charge in [0.2, 0.25) is 5.91 Å². The molecule has 154 valence electrons. The first kappa shape index (κ1) is 18.9. The van der Waals surface area contributed by atoms with Gasteiger partial charge >= 0.3 is 0 Å². The molecule has 0 saturated heterocycles. The normalized spacial score (nSPS) is 19.4. The second-order valence-electron chi connectivity index (χ2n) is 8.45. The van der Waals surface area contributed by atoms with Crippen LogP contribution in [-0.2, 0) is 11.3 Å². The number of hydrogen-bond donors (Lipinski definition) is 1. The van der Waals surface area contributed by atoms with Crippen molar-refractivity contribution in [2.45, 2.75) is 57.2 Å². The Bertz CT molecular complexity index is 1180. The Kier molecular flexibility index (Phi) is 4.57. The van der Waals surface area contributed by atoms with Gasteiger partial charge in [-0.05, 0) is 44.7 Å². The molecule has 3 aromatic rings. The maximum Gasteiger partial charge on any atom is 0.275 e. The molecule has 5 rings (SSSR count). The zero-order valence-corrected chi connectivity index (χ0v) is 17.1. The van der Waals surface area contributed by atoms with Gasteiger partial charge < -0.3 is 10.1 Å². The highest BCUT2D eigenvalue weighted by Gasteiger charge is 2.43. The summed E-state index contributed by atoms with van der Waals surface area (Å²) in [5.74, 6) is 0.641. The van der Waals surface area contributed by atoms with Gasteiger partial charge in [0.1, 0.15) is 17.9 Å². The zero-order chi connectivity index (χ0) is 20.7. The summed E-state index contributed by atoms with van der Waals surface area (Å²) >= 11 is 0. The first-order chi connectivity index (χ1) is 14.5. The van der Waals surface area contributed by atoms with Gasteiger partial charge in [-0.1, -0.05) is 36.4 Å². The van der Waals surface area contributed by atoms with E-state index in [1.807, 2.05) is 49.4 Å². The minimum absolute atomic E-state index is 0.100. The number of nitrogens with zero attached hydrogens (tertiary/aromatic N) is 2. The lowest BCUT2D eigenvalue weighted by molar-refractivity contribution is -0.123. The van der Waals surface area contributed by atoms with Crippen LogP contribution in [0.25, 0.3) is 10.8 Å². The molecule has 1 N–H and O–H groups in total. The Morgan fingerprint density at radius 3 is 2.63 bits per heavy atom. The molecule has 0 radical (unpaired) electrons. The molecule has 2 heterocycles. The molecule has 6 nitrogen and oxygen atoms in total. The van der Waals surface area contributed by atoms with E-state index in [9.17, 15) is 9.59 Å². The summed E-state index contributed by atoms with van der Waals surface area (Å²) in [6.07, 6.45) is 5.09. The molecule has 1 amide bonds. The van der Waals surface area contributed by atoms with Gasteiger partial charge in [-0.15, -0.1) is 0 Å². The number of amides is 1. The molecule has 1 saturated carbocycles. The van der Waals surface area contributed by atoms with E-state index in [-0.39, 0.29) is 29.7 Å². The van der Waals surface area contributed by atoms with Crippen LogP contribution in [0.15, 0.2) is 53.3 Å². The fraction of sp³-hybridized carbons (Fsp3) is 0.375. The number of ether oxygens (including phenoxy) is 1. The minimum Gasteiger partial charge on any atom is -0.487 e. The quantitative estimate of drug-likeness (QED) is 0.724. The van der Waals surface area contributed by atoms with Crippen LogP contribution in [-0.4, -0.2) is 21.3 Å². The molecule has 0 bridgehead atoms. The number of fused-ring (bicyclic) bond motifs is 2. The van der Waals surface area contributed by atoms with Crippen LogP contribution in [0.4, 0.5) is 0 Å². The Morgan fingerprint density at radius 2 is 1.83 bits per heavy atom. The fourth-order valence-corrected chi connectivity index (χ4v) is 4.96. The molecule has 2 aliphatic rings. The van der Waals surface area contributed by atoms with Crippen molar-refractivity contribution < 1.29 is 9.53 Å². The SMILES string of the molecule is Cc1nn(CC(=O)N[C@@H]2CC3(CCCC3)Oc3ccccc32)c(=O)c2ccccc12. The zero-order valence-electron chi connectivity index (χ0n) is 17.1. The third kappa shape index (κ3) is 3.26. The van der Waals surface area contributed by atoms with Crippen molar-refractivity contribution in [2.24, 2.45) is 0 Å². The smallest absolute Gasteiger partial charge is 0.275 e. The standard InChI is InChI=1S/C24H25N3O3/c1-16-17-8-2-3-9-18(17)23(29)27(26-16)15-22(28)25-20-14-24(12-6-7-13-24)30-21-11-5-4-10-19(20)21/h2-5,8-11,20H,6-7,12-15H2,1H3,(H,25,28)/t20-/m1/s1. The van der Waals surface area contributed by atoms with E-state index >= 15 is 0 Å². The second-order valence-corrected chi connectivity index (χ2v) is 8.45. The number of hydrogen-bond acceptors (Lipinski definition) is 4. The average Bonchev–Trinajstić information content (AvgIpc) is 3.19. The van der Waals surface area contributed by atoms with E-state index in [1.54, 1.807) is 6.07 Å². The van der Waals surface area contributed by atoms with Crippen molar-refractivity contribution in [1.82, 2.24) is 15.1 Å². The highest BCUT2D eigenvalue weighted by molar-refractivity contribution is 5.83. The van der Waals surface area contributed by atoms with Crippen LogP contribution in [0, 0.1) is 6.92 Å². The Labute approximate surface area is 174 Å². The van der Waals surface area contributed by atoms with Crippen molar-refractivity contribution in [3.05, 3.63) is 70.1 Å². The molecular formula is C24H25N3O3. The molecule has 1 fully saturated rings. The summed E-state index contributed by atoms with van der Waals surface area (Å²) in [4.78, 5) is 25.8. The third-order valence-electron chi connectivity index (χ3n) is 6.39. The molecule has 30 heavy (non-hydrogen) atoms. The predicted octanol–water partition coefficient (Wildman–Crippen LogP) is 3.66. The van der Waals surface area contributed by atoms with Gasteiger partial charge in [-0.3, -0.25) is 9.59 Å². The molecule has 1 aliphatic heterocycles. The van der Waals surface area contributed by atoms with E-state index < -0.39 is 0 Å². The van der Waals surface area contributed by atoms with Crippen molar-refractivity contribution in [3.8, 4) is 5.75 Å². The van der Waals surface area contributed by atoms with E-state index in [2.05, 4.69) is 10.4 Å². The number of para-hydroxylation sites is 1. The molecule has 1 aliphatic carbocycles. The van der Waals surface area contributed by atoms with Gasteiger partial charge in [0.05, 0.1) is 17.1 Å². The van der Waals surface area contributed by atoms with E-state index in [0.717, 1.165) is 54.5 Å². The number of rotatable bonds is 3. The molecule has 6 heteroatoms. The Balaban J connectivity index is 1.41. The number of aryl methyl sites for hydroxylation is 1. The highest BCUT2D eigenvalue weighted by Crippen LogP contribution is 2.46. The largest absolute Gasteiger partial charge is 0.487 e. The molecule has 1 spiro atoms. The van der Waals surface area contributed by atoms with Crippen molar-refractivity contribution in [3.63, 3.8) is 0 Å². The van der Waals surface area contributed by atoms with Gasteiger partial charge in [-0.2, -0.15) is 5.10 Å². The van der Waals surface area contributed by atoms with E-state index in [0.29, 0.717) is 5.39 Å². The van der Waals surface area contributed by atoms with E-state index in [4.69, 9.17) is 4.74 Å².